The molecule has 0 radical (unpaired) electrons. The highest BCUT2D eigenvalue weighted by molar-refractivity contribution is 8.03. The largest absolute Gasteiger partial charge is 0.361 e. The summed E-state index contributed by atoms with van der Waals surface area (Å²) >= 11 is 1.86. The zero-order valence-corrected chi connectivity index (χ0v) is 10.1. The summed E-state index contributed by atoms with van der Waals surface area (Å²) in [7, 11) is 0. The summed E-state index contributed by atoms with van der Waals surface area (Å²) in [5.41, 5.74) is 2.38. The first kappa shape index (κ1) is 10.4. The third-order valence-electron chi connectivity index (χ3n) is 2.67. The second-order valence-electron chi connectivity index (χ2n) is 3.77. The summed E-state index contributed by atoms with van der Waals surface area (Å²) in [6.45, 7) is 0. The maximum Gasteiger partial charge on any atom is 0.0734 e. The van der Waals surface area contributed by atoms with E-state index in [0.29, 0.717) is 0 Å². The van der Waals surface area contributed by atoms with E-state index in [1.165, 1.54) is 21.5 Å². The first-order chi connectivity index (χ1) is 8.43. The fourth-order valence-corrected chi connectivity index (χ4v) is 2.68. The first-order valence-corrected chi connectivity index (χ1v) is 6.52. The minimum Gasteiger partial charge on any atom is -0.361 e. The average Bonchev–Trinajstić information content (AvgIpc) is 3.06. The lowest BCUT2D eigenvalue weighted by atomic mass is 10.3. The Labute approximate surface area is 104 Å². The molecule has 3 heterocycles. The monoisotopic (exact) mass is 240 g/mol. The minimum absolute atomic E-state index is 1.11. The molecule has 84 valence electrons. The van der Waals surface area contributed by atoms with Gasteiger partial charge < -0.3 is 4.98 Å². The number of hydrogen-bond donors (Lipinski definition) is 1. The van der Waals surface area contributed by atoms with Crippen molar-refractivity contribution in [3.05, 3.63) is 59.3 Å². The Hall–Kier alpha value is -1.74. The molecule has 17 heavy (non-hydrogen) atoms. The maximum atomic E-state index is 4.12. The van der Waals surface area contributed by atoms with Crippen molar-refractivity contribution < 1.29 is 0 Å². The lowest BCUT2D eigenvalue weighted by Crippen LogP contribution is -1.62. The van der Waals surface area contributed by atoms with Crippen molar-refractivity contribution in [1.82, 2.24) is 4.98 Å². The number of hydrogen-bond acceptors (Lipinski definition) is 2. The van der Waals surface area contributed by atoms with Crippen LogP contribution in [-0.2, 0) is 0 Å². The number of para-hydroxylation sites is 1. The molecule has 0 fully saturated rings. The van der Waals surface area contributed by atoms with Crippen LogP contribution in [0, 0.1) is 0 Å². The van der Waals surface area contributed by atoms with Gasteiger partial charge >= 0.3 is 0 Å². The quantitative estimate of drug-likeness (QED) is 0.746. The van der Waals surface area contributed by atoms with E-state index >= 15 is 0 Å². The van der Waals surface area contributed by atoms with Crippen molar-refractivity contribution in [2.75, 3.05) is 5.75 Å². The molecule has 0 amide bonds. The van der Waals surface area contributed by atoms with Gasteiger partial charge in [0.25, 0.3) is 0 Å². The van der Waals surface area contributed by atoms with Crippen molar-refractivity contribution in [3.8, 4) is 0 Å². The first-order valence-electron chi connectivity index (χ1n) is 5.53. The molecule has 1 aromatic carbocycles. The van der Waals surface area contributed by atoms with Crippen LogP contribution in [0.15, 0.2) is 64.3 Å². The van der Waals surface area contributed by atoms with E-state index < -0.39 is 0 Å². The van der Waals surface area contributed by atoms with E-state index in [1.54, 1.807) is 0 Å². The number of aliphatic imine (C=N–C) groups is 1. The molecule has 2 nitrogen and oxygen atoms in total. The van der Waals surface area contributed by atoms with Gasteiger partial charge in [0.15, 0.2) is 0 Å². The molecule has 0 saturated heterocycles. The van der Waals surface area contributed by atoms with Gasteiger partial charge in [0.05, 0.1) is 5.70 Å². The second-order valence-corrected chi connectivity index (χ2v) is 4.84. The standard InChI is InChI=1S/C8H7N.C6H5NS/c1-2-4-8-7(3-1)5-6-9-8;1-3-7-5-2-4-8-6(1)5/h1-6,9H;1-3H,4H2. The van der Waals surface area contributed by atoms with E-state index in [9.17, 15) is 0 Å². The van der Waals surface area contributed by atoms with E-state index in [-0.39, 0.29) is 0 Å². The number of aromatic nitrogens is 1. The average molecular weight is 240 g/mol. The van der Waals surface area contributed by atoms with Crippen LogP contribution in [0.4, 0.5) is 0 Å². The van der Waals surface area contributed by atoms with Crippen LogP contribution in [-0.4, -0.2) is 17.0 Å². The van der Waals surface area contributed by atoms with E-state index in [2.05, 4.69) is 40.3 Å². The summed E-state index contributed by atoms with van der Waals surface area (Å²) in [5.74, 6) is 1.11. The lowest BCUT2D eigenvalue weighted by Gasteiger charge is -1.85. The van der Waals surface area contributed by atoms with Gasteiger partial charge in [0.1, 0.15) is 0 Å². The summed E-state index contributed by atoms with van der Waals surface area (Å²) in [6.07, 6.45) is 8.02. The van der Waals surface area contributed by atoms with Crippen molar-refractivity contribution >= 4 is 28.9 Å². The Balaban J connectivity index is 0.000000107. The highest BCUT2D eigenvalue weighted by Gasteiger charge is 2.12. The molecule has 1 N–H and O–H groups in total. The van der Waals surface area contributed by atoms with Gasteiger partial charge in [-0.1, -0.05) is 18.2 Å². The normalized spacial score (nSPS) is 16.2. The van der Waals surface area contributed by atoms with Gasteiger partial charge in [-0.3, -0.25) is 4.99 Å². The number of nitrogens with zero attached hydrogens (tertiary/aromatic N) is 1. The molecule has 3 heteroatoms. The van der Waals surface area contributed by atoms with Gasteiger partial charge in [-0.25, -0.2) is 0 Å². The molecule has 0 unspecified atom stereocenters. The number of aromatic amines is 1. The van der Waals surface area contributed by atoms with Gasteiger partial charge in [-0.15, -0.1) is 11.8 Å². The van der Waals surface area contributed by atoms with Crippen LogP contribution in [0.1, 0.15) is 0 Å². The predicted molar refractivity (Wildman–Crippen MR) is 75.4 cm³/mol. The number of fused-ring (bicyclic) bond motifs is 2. The summed E-state index contributed by atoms with van der Waals surface area (Å²) < 4.78 is 0. The Morgan fingerprint density at radius 3 is 3.00 bits per heavy atom. The predicted octanol–water partition coefficient (Wildman–Crippen LogP) is 3.75. The van der Waals surface area contributed by atoms with E-state index in [4.69, 9.17) is 0 Å². The molecule has 0 atom stereocenters. The minimum atomic E-state index is 1.11. The van der Waals surface area contributed by atoms with Crippen molar-refractivity contribution in [1.29, 1.82) is 0 Å². The van der Waals surface area contributed by atoms with E-state index in [0.717, 1.165) is 5.75 Å². The third-order valence-corrected chi connectivity index (χ3v) is 3.66. The Morgan fingerprint density at radius 1 is 1.18 bits per heavy atom. The molecule has 2 aromatic rings. The fourth-order valence-electron chi connectivity index (χ4n) is 1.82. The highest BCUT2D eigenvalue weighted by atomic mass is 32.2. The number of rotatable bonds is 0. The molecule has 0 bridgehead atoms. The Kier molecular flexibility index (Phi) is 2.84. The number of benzene rings is 1. The third kappa shape index (κ3) is 2.19. The zero-order chi connectivity index (χ0) is 11.5. The Morgan fingerprint density at radius 2 is 2.12 bits per heavy atom. The lowest BCUT2D eigenvalue weighted by molar-refractivity contribution is 1.45. The van der Waals surface area contributed by atoms with Gasteiger partial charge in [-0.2, -0.15) is 0 Å². The maximum absolute atomic E-state index is 4.12. The summed E-state index contributed by atoms with van der Waals surface area (Å²) in [4.78, 5) is 8.58. The fraction of sp³-hybridized carbons (Fsp3) is 0.0714. The molecule has 0 saturated carbocycles. The molecule has 1 aromatic heterocycles. The van der Waals surface area contributed by atoms with Crippen molar-refractivity contribution in [2.24, 2.45) is 4.99 Å². The van der Waals surface area contributed by atoms with Crippen LogP contribution in [0.3, 0.4) is 0 Å². The van der Waals surface area contributed by atoms with Crippen molar-refractivity contribution in [3.63, 3.8) is 0 Å². The summed E-state index contributed by atoms with van der Waals surface area (Å²) in [5, 5.41) is 1.28. The topological polar surface area (TPSA) is 28.1 Å². The van der Waals surface area contributed by atoms with Crippen molar-refractivity contribution in [2.45, 2.75) is 0 Å². The van der Waals surface area contributed by atoms with Crippen LogP contribution >= 0.6 is 11.8 Å². The van der Waals surface area contributed by atoms with E-state index in [1.807, 2.05) is 36.3 Å². The van der Waals surface area contributed by atoms with Crippen LogP contribution in [0.2, 0.25) is 0 Å². The molecule has 0 aliphatic carbocycles. The SMILES string of the molecule is C1=NC2=CCSC2=C1.c1ccc2[nH]ccc2c1. The smallest absolute Gasteiger partial charge is 0.0734 e. The molecule has 4 rings (SSSR count). The van der Waals surface area contributed by atoms with Crippen LogP contribution in [0.25, 0.3) is 10.9 Å². The highest BCUT2D eigenvalue weighted by Crippen LogP contribution is 2.33. The molecule has 2 aliphatic rings. The number of nitrogens with one attached hydrogen (secondary N) is 1. The summed E-state index contributed by atoms with van der Waals surface area (Å²) in [6, 6.07) is 10.3. The molecule has 0 spiro atoms. The molecular weight excluding hydrogens is 228 g/mol. The van der Waals surface area contributed by atoms with Gasteiger partial charge in [0, 0.05) is 28.6 Å². The number of allylic oxidation sites excluding steroid dienone is 1. The van der Waals surface area contributed by atoms with Crippen LogP contribution in [0.5, 0.6) is 0 Å². The zero-order valence-electron chi connectivity index (χ0n) is 9.26. The van der Waals surface area contributed by atoms with Crippen LogP contribution < -0.4 is 0 Å². The van der Waals surface area contributed by atoms with Gasteiger partial charge in [-0.05, 0) is 29.7 Å². The van der Waals surface area contributed by atoms with Gasteiger partial charge in [0.2, 0.25) is 0 Å². The second kappa shape index (κ2) is 4.63. The number of H-pyrrole nitrogens is 1. The Bertz CT molecular complexity index is 590. The molecular formula is C14H12N2S. The number of thioether (sulfide) groups is 1. The molecule has 2 aliphatic heterocycles.